The molecule has 1 saturated heterocycles. The predicted octanol–water partition coefficient (Wildman–Crippen LogP) is 2.55. The van der Waals surface area contributed by atoms with Crippen molar-refractivity contribution in [1.29, 1.82) is 0 Å². The van der Waals surface area contributed by atoms with E-state index in [-0.39, 0.29) is 17.4 Å². The molecule has 8 heteroatoms. The highest BCUT2D eigenvalue weighted by atomic mass is 32.1. The number of piperidine rings is 1. The zero-order valence-corrected chi connectivity index (χ0v) is 17.5. The Kier molecular flexibility index (Phi) is 5.62. The molecule has 1 aliphatic heterocycles. The van der Waals surface area contributed by atoms with Crippen LogP contribution in [0.5, 0.6) is 0 Å². The molecule has 1 aliphatic rings. The predicted molar refractivity (Wildman–Crippen MR) is 114 cm³/mol. The number of carbonyl (C=O) groups excluding carboxylic acids is 1. The highest BCUT2D eigenvalue weighted by molar-refractivity contribution is 7.20. The molecule has 0 aliphatic carbocycles. The zero-order chi connectivity index (χ0) is 20.4. The molecule has 0 spiro atoms. The summed E-state index contributed by atoms with van der Waals surface area (Å²) < 4.78 is 1.34. The molecule has 3 aromatic rings. The maximum Gasteiger partial charge on any atom is 0.275 e. The number of nitrogens with zero attached hydrogens (tertiary/aromatic N) is 4. The fourth-order valence-electron chi connectivity index (χ4n) is 3.63. The van der Waals surface area contributed by atoms with E-state index in [0.717, 1.165) is 36.5 Å². The first-order chi connectivity index (χ1) is 14.0. The number of aryl methyl sites for hydroxylation is 2. The fraction of sp³-hybridized carbons (Fsp3) is 0.429. The number of fused-ring (bicyclic) bond motifs is 1. The number of benzene rings is 1. The summed E-state index contributed by atoms with van der Waals surface area (Å²) in [6.45, 7) is 5.91. The third-order valence-electron chi connectivity index (χ3n) is 5.32. The van der Waals surface area contributed by atoms with Crippen LogP contribution in [0, 0.1) is 12.8 Å². The van der Waals surface area contributed by atoms with Gasteiger partial charge in [-0.1, -0.05) is 42.5 Å². The van der Waals surface area contributed by atoms with E-state index in [2.05, 4.69) is 51.5 Å². The van der Waals surface area contributed by atoms with Gasteiger partial charge in [0.1, 0.15) is 0 Å². The average Bonchev–Trinajstić information content (AvgIpc) is 3.17. The molecule has 7 nitrogen and oxygen atoms in total. The number of rotatable bonds is 5. The van der Waals surface area contributed by atoms with Crippen molar-refractivity contribution >= 4 is 27.3 Å². The van der Waals surface area contributed by atoms with Crippen molar-refractivity contribution in [3.63, 3.8) is 0 Å². The third kappa shape index (κ3) is 4.32. The van der Waals surface area contributed by atoms with Crippen molar-refractivity contribution in [2.24, 2.45) is 5.92 Å². The van der Waals surface area contributed by atoms with Crippen LogP contribution in [0.25, 0.3) is 4.96 Å². The third-order valence-corrected chi connectivity index (χ3v) is 6.29. The summed E-state index contributed by atoms with van der Waals surface area (Å²) in [5.41, 5.74) is 2.92. The first kappa shape index (κ1) is 19.6. The molecule has 0 bridgehead atoms. The molecule has 4 rings (SSSR count). The van der Waals surface area contributed by atoms with E-state index in [1.54, 1.807) is 6.92 Å². The topological polar surface area (TPSA) is 79.6 Å². The number of carbonyl (C=O) groups is 1. The van der Waals surface area contributed by atoms with E-state index in [4.69, 9.17) is 0 Å². The van der Waals surface area contributed by atoms with Gasteiger partial charge >= 0.3 is 0 Å². The van der Waals surface area contributed by atoms with Crippen molar-refractivity contribution in [2.45, 2.75) is 39.7 Å². The van der Waals surface area contributed by atoms with Crippen LogP contribution in [-0.2, 0) is 17.8 Å². The summed E-state index contributed by atoms with van der Waals surface area (Å²) in [6.07, 6.45) is 2.79. The Hall–Kier alpha value is -2.74. The van der Waals surface area contributed by atoms with Gasteiger partial charge in [0.25, 0.3) is 5.56 Å². The molecule has 0 radical (unpaired) electrons. The second-order valence-corrected chi connectivity index (χ2v) is 8.42. The number of hydrogen-bond donors (Lipinski definition) is 1. The van der Waals surface area contributed by atoms with Gasteiger partial charge in [-0.25, -0.2) is 4.98 Å². The van der Waals surface area contributed by atoms with Crippen LogP contribution in [0.3, 0.4) is 0 Å². The molecule has 3 heterocycles. The normalized spacial score (nSPS) is 16.9. The van der Waals surface area contributed by atoms with E-state index < -0.39 is 0 Å². The second kappa shape index (κ2) is 8.32. The molecule has 2 aromatic heterocycles. The van der Waals surface area contributed by atoms with Crippen LogP contribution in [0.1, 0.15) is 36.6 Å². The van der Waals surface area contributed by atoms with Gasteiger partial charge in [0.2, 0.25) is 16.0 Å². The summed E-state index contributed by atoms with van der Waals surface area (Å²) in [5.74, 6) is -0.0152. The van der Waals surface area contributed by atoms with Gasteiger partial charge < -0.3 is 10.2 Å². The van der Waals surface area contributed by atoms with Gasteiger partial charge in [-0.15, -0.1) is 5.10 Å². The summed E-state index contributed by atoms with van der Waals surface area (Å²) >= 11 is 1.39. The minimum atomic E-state index is -0.171. The molecule has 1 aromatic carbocycles. The minimum absolute atomic E-state index is 0.0708. The van der Waals surface area contributed by atoms with Crippen molar-refractivity contribution in [1.82, 2.24) is 19.9 Å². The maximum atomic E-state index is 12.7. The van der Waals surface area contributed by atoms with E-state index in [0.29, 0.717) is 23.7 Å². The lowest BCUT2D eigenvalue weighted by atomic mass is 9.97. The van der Waals surface area contributed by atoms with Crippen molar-refractivity contribution in [3.8, 4) is 0 Å². The maximum absolute atomic E-state index is 12.7. The standard InChI is InChI=1S/C21H25N5O2S/c1-3-15-6-8-16(9-7-15)12-22-19(28)17-5-4-10-25(13-17)21-24-26-18(27)11-14(2)23-20(26)29-21/h6-9,11,17H,3-5,10,12-13H2,1-2H3,(H,22,28)/t17-/m0/s1. The average molecular weight is 412 g/mol. The Morgan fingerprint density at radius 3 is 2.79 bits per heavy atom. The lowest BCUT2D eigenvalue weighted by molar-refractivity contribution is -0.125. The molecule has 1 fully saturated rings. The molecule has 1 atom stereocenters. The lowest BCUT2D eigenvalue weighted by Crippen LogP contribution is -2.43. The summed E-state index contributed by atoms with van der Waals surface area (Å²) in [4.78, 5) is 31.9. The first-order valence-corrected chi connectivity index (χ1v) is 10.8. The van der Waals surface area contributed by atoms with Gasteiger partial charge in [-0.2, -0.15) is 4.52 Å². The molecular formula is C21H25N5O2S. The van der Waals surface area contributed by atoms with E-state index >= 15 is 0 Å². The summed E-state index contributed by atoms with van der Waals surface area (Å²) in [5, 5.41) is 8.25. The Balaban J connectivity index is 1.41. The van der Waals surface area contributed by atoms with Gasteiger partial charge in [-0.3, -0.25) is 9.59 Å². The number of anilines is 1. The molecular weight excluding hydrogens is 386 g/mol. The van der Waals surface area contributed by atoms with Crippen LogP contribution in [0.4, 0.5) is 5.13 Å². The van der Waals surface area contributed by atoms with Crippen molar-refractivity contribution < 1.29 is 4.79 Å². The van der Waals surface area contributed by atoms with E-state index in [1.165, 1.54) is 27.5 Å². The van der Waals surface area contributed by atoms with Crippen LogP contribution in [0.15, 0.2) is 35.1 Å². The number of hydrogen-bond acceptors (Lipinski definition) is 6. The Labute approximate surface area is 173 Å². The van der Waals surface area contributed by atoms with Gasteiger partial charge in [-0.05, 0) is 37.3 Å². The quantitative estimate of drug-likeness (QED) is 0.698. The molecule has 1 amide bonds. The van der Waals surface area contributed by atoms with Crippen LogP contribution in [-0.4, -0.2) is 33.6 Å². The molecule has 29 heavy (non-hydrogen) atoms. The lowest BCUT2D eigenvalue weighted by Gasteiger charge is -2.31. The minimum Gasteiger partial charge on any atom is -0.352 e. The molecule has 0 saturated carbocycles. The SMILES string of the molecule is CCc1ccc(CNC(=O)[C@H]2CCCN(c3nn4c(=O)cc(C)nc4s3)C2)cc1. The molecule has 0 unspecified atom stereocenters. The van der Waals surface area contributed by atoms with Gasteiger partial charge in [0, 0.05) is 31.4 Å². The zero-order valence-electron chi connectivity index (χ0n) is 16.7. The molecule has 152 valence electrons. The number of amides is 1. The number of aromatic nitrogens is 3. The number of nitrogens with one attached hydrogen (secondary N) is 1. The smallest absolute Gasteiger partial charge is 0.275 e. The van der Waals surface area contributed by atoms with Crippen LogP contribution < -0.4 is 15.8 Å². The largest absolute Gasteiger partial charge is 0.352 e. The van der Waals surface area contributed by atoms with Crippen LogP contribution in [0.2, 0.25) is 0 Å². The Morgan fingerprint density at radius 1 is 1.28 bits per heavy atom. The van der Waals surface area contributed by atoms with E-state index in [1.807, 2.05) is 0 Å². The first-order valence-electron chi connectivity index (χ1n) is 10.0. The van der Waals surface area contributed by atoms with E-state index in [9.17, 15) is 9.59 Å². The monoisotopic (exact) mass is 411 g/mol. The van der Waals surface area contributed by atoms with Crippen LogP contribution >= 0.6 is 11.3 Å². The van der Waals surface area contributed by atoms with Crippen molar-refractivity contribution in [2.75, 3.05) is 18.0 Å². The fourth-order valence-corrected chi connectivity index (χ4v) is 4.62. The Morgan fingerprint density at radius 2 is 2.03 bits per heavy atom. The summed E-state index contributed by atoms with van der Waals surface area (Å²) in [7, 11) is 0. The highest BCUT2D eigenvalue weighted by Crippen LogP contribution is 2.27. The summed E-state index contributed by atoms with van der Waals surface area (Å²) in [6, 6.07) is 9.83. The molecule has 1 N–H and O–H groups in total. The highest BCUT2D eigenvalue weighted by Gasteiger charge is 2.27. The second-order valence-electron chi connectivity index (χ2n) is 7.49. The Bertz CT molecular complexity index is 1070. The van der Waals surface area contributed by atoms with Gasteiger partial charge in [0.15, 0.2) is 0 Å². The van der Waals surface area contributed by atoms with Crippen molar-refractivity contribution in [3.05, 3.63) is 57.5 Å². The van der Waals surface area contributed by atoms with Gasteiger partial charge in [0.05, 0.1) is 5.92 Å².